The number of rotatable bonds is 3. The van der Waals surface area contributed by atoms with Crippen LogP contribution in [0.2, 0.25) is 5.02 Å². The van der Waals surface area contributed by atoms with E-state index in [4.69, 9.17) is 11.6 Å². The van der Waals surface area contributed by atoms with Crippen molar-refractivity contribution in [1.82, 2.24) is 0 Å². The fraction of sp³-hybridized carbons (Fsp3) is 0.391. The summed E-state index contributed by atoms with van der Waals surface area (Å²) in [6.07, 6.45) is 6.80. The molecule has 0 nitrogen and oxygen atoms in total. The van der Waals surface area contributed by atoms with Gasteiger partial charge in [0.2, 0.25) is 0 Å². The lowest BCUT2D eigenvalue weighted by atomic mass is 9.77. The van der Waals surface area contributed by atoms with Crippen LogP contribution in [-0.2, 0) is 0 Å². The first-order chi connectivity index (χ1) is 12.6. The molecule has 1 fully saturated rings. The van der Waals surface area contributed by atoms with Crippen molar-refractivity contribution in [2.45, 2.75) is 51.4 Å². The fourth-order valence-corrected chi connectivity index (χ4v) is 3.93. The average Bonchev–Trinajstić information content (AvgIpc) is 2.63. The van der Waals surface area contributed by atoms with Gasteiger partial charge in [-0.05, 0) is 79.5 Å². The average molecular weight is 373 g/mol. The maximum atomic E-state index is 14.5. The Balaban J connectivity index is 1.76. The van der Waals surface area contributed by atoms with Crippen LogP contribution in [0.25, 0.3) is 0 Å². The topological polar surface area (TPSA) is 0 Å². The predicted molar refractivity (Wildman–Crippen MR) is 103 cm³/mol. The van der Waals surface area contributed by atoms with Crippen LogP contribution < -0.4 is 0 Å². The van der Waals surface area contributed by atoms with Crippen molar-refractivity contribution >= 4 is 11.6 Å². The molecule has 136 valence electrons. The molecule has 0 heterocycles. The van der Waals surface area contributed by atoms with E-state index >= 15 is 0 Å². The zero-order valence-corrected chi connectivity index (χ0v) is 15.8. The molecule has 1 aliphatic rings. The smallest absolute Gasteiger partial charge is 0.142 e. The van der Waals surface area contributed by atoms with Crippen molar-refractivity contribution in [1.29, 1.82) is 0 Å². The Morgan fingerprint density at radius 3 is 2.15 bits per heavy atom. The minimum absolute atomic E-state index is 0.164. The summed E-state index contributed by atoms with van der Waals surface area (Å²) in [5.41, 5.74) is 1.28. The van der Waals surface area contributed by atoms with Crippen molar-refractivity contribution in [2.75, 3.05) is 0 Å². The molecule has 2 aromatic rings. The SMILES string of the molecule is CCCC1CCC(c2cc(F)c(C#Cc3ccc(Cl)cc3)c(F)c2)CC1. The molecule has 0 aliphatic heterocycles. The van der Waals surface area contributed by atoms with Crippen molar-refractivity contribution < 1.29 is 8.78 Å². The standard InChI is InChI=1S/C23H23ClF2/c1-2-3-16-4-9-18(10-5-16)19-14-22(25)21(23(26)15-19)13-8-17-6-11-20(24)12-7-17/h6-7,11-12,14-16,18H,2-5,9-10H2,1H3. The van der Waals surface area contributed by atoms with Gasteiger partial charge in [0, 0.05) is 10.6 Å². The molecule has 0 bridgehead atoms. The Morgan fingerprint density at radius 1 is 0.962 bits per heavy atom. The number of halogens is 3. The summed E-state index contributed by atoms with van der Waals surface area (Å²) in [7, 11) is 0. The normalized spacial score (nSPS) is 19.7. The maximum Gasteiger partial charge on any atom is 0.142 e. The molecule has 0 amide bonds. The monoisotopic (exact) mass is 372 g/mol. The van der Waals surface area contributed by atoms with E-state index in [9.17, 15) is 8.78 Å². The van der Waals surface area contributed by atoms with Crippen LogP contribution in [0.4, 0.5) is 8.78 Å². The van der Waals surface area contributed by atoms with Gasteiger partial charge in [-0.3, -0.25) is 0 Å². The highest BCUT2D eigenvalue weighted by Crippen LogP contribution is 2.38. The predicted octanol–water partition coefficient (Wildman–Crippen LogP) is 7.09. The Morgan fingerprint density at radius 2 is 1.58 bits per heavy atom. The molecule has 3 heteroatoms. The third kappa shape index (κ3) is 4.65. The first-order valence-corrected chi connectivity index (χ1v) is 9.71. The summed E-state index contributed by atoms with van der Waals surface area (Å²) in [6, 6.07) is 9.81. The van der Waals surface area contributed by atoms with E-state index in [1.807, 2.05) is 0 Å². The molecule has 1 saturated carbocycles. The lowest BCUT2D eigenvalue weighted by molar-refractivity contribution is 0.307. The second-order valence-corrected chi connectivity index (χ2v) is 7.56. The van der Waals surface area contributed by atoms with Gasteiger partial charge in [0.25, 0.3) is 0 Å². The lowest BCUT2D eigenvalue weighted by Gasteiger charge is -2.28. The minimum Gasteiger partial charge on any atom is -0.206 e. The molecule has 0 spiro atoms. The number of benzene rings is 2. The highest BCUT2D eigenvalue weighted by molar-refractivity contribution is 6.30. The third-order valence-electron chi connectivity index (χ3n) is 5.26. The molecule has 0 aromatic heterocycles. The van der Waals surface area contributed by atoms with Gasteiger partial charge in [0.15, 0.2) is 0 Å². The maximum absolute atomic E-state index is 14.5. The van der Waals surface area contributed by atoms with Gasteiger partial charge in [0.1, 0.15) is 11.6 Å². The molecule has 0 radical (unpaired) electrons. The quantitative estimate of drug-likeness (QED) is 0.504. The first kappa shape index (κ1) is 18.9. The third-order valence-corrected chi connectivity index (χ3v) is 5.51. The Kier molecular flexibility index (Phi) is 6.33. The van der Waals surface area contributed by atoms with Gasteiger partial charge in [0.05, 0.1) is 5.56 Å². The summed E-state index contributed by atoms with van der Waals surface area (Å²) >= 11 is 5.83. The van der Waals surface area contributed by atoms with Gasteiger partial charge in [-0.25, -0.2) is 8.78 Å². The minimum atomic E-state index is -0.572. The van der Waals surface area contributed by atoms with E-state index in [1.165, 1.54) is 25.0 Å². The van der Waals surface area contributed by atoms with Crippen LogP contribution in [0.5, 0.6) is 0 Å². The zero-order chi connectivity index (χ0) is 18.5. The second kappa shape index (κ2) is 8.69. The van der Waals surface area contributed by atoms with Crippen molar-refractivity contribution in [3.05, 3.63) is 69.7 Å². The van der Waals surface area contributed by atoms with Gasteiger partial charge >= 0.3 is 0 Å². The van der Waals surface area contributed by atoms with Crippen molar-refractivity contribution in [3.8, 4) is 11.8 Å². The van der Waals surface area contributed by atoms with Crippen LogP contribution in [0.1, 0.15) is 68.1 Å². The van der Waals surface area contributed by atoms with Gasteiger partial charge in [-0.2, -0.15) is 0 Å². The molecule has 0 N–H and O–H groups in total. The molecule has 3 rings (SSSR count). The van der Waals surface area contributed by atoms with Crippen LogP contribution in [0.15, 0.2) is 36.4 Å². The molecule has 1 aliphatic carbocycles. The largest absolute Gasteiger partial charge is 0.206 e. The molecule has 0 atom stereocenters. The van der Waals surface area contributed by atoms with Crippen LogP contribution >= 0.6 is 11.6 Å². The number of hydrogen-bond donors (Lipinski definition) is 0. The molecule has 0 saturated heterocycles. The van der Waals surface area contributed by atoms with Crippen LogP contribution in [-0.4, -0.2) is 0 Å². The first-order valence-electron chi connectivity index (χ1n) is 9.33. The van der Waals surface area contributed by atoms with E-state index in [1.54, 1.807) is 24.3 Å². The van der Waals surface area contributed by atoms with Crippen molar-refractivity contribution in [2.24, 2.45) is 5.92 Å². The molecular formula is C23H23ClF2. The lowest BCUT2D eigenvalue weighted by Crippen LogP contribution is -2.13. The van der Waals surface area contributed by atoms with Crippen LogP contribution in [0, 0.1) is 29.4 Å². The van der Waals surface area contributed by atoms with Gasteiger partial charge < -0.3 is 0 Å². The Bertz CT molecular complexity index is 783. The summed E-state index contributed by atoms with van der Waals surface area (Å²) in [6.45, 7) is 2.21. The Hall–Kier alpha value is -1.85. The van der Waals surface area contributed by atoms with E-state index < -0.39 is 11.6 Å². The molecule has 0 unspecified atom stereocenters. The van der Waals surface area contributed by atoms with E-state index in [0.717, 1.165) is 37.2 Å². The molecular weight excluding hydrogens is 350 g/mol. The van der Waals surface area contributed by atoms with Gasteiger partial charge in [-0.15, -0.1) is 0 Å². The van der Waals surface area contributed by atoms with Crippen molar-refractivity contribution in [3.63, 3.8) is 0 Å². The second-order valence-electron chi connectivity index (χ2n) is 7.12. The van der Waals surface area contributed by atoms with Gasteiger partial charge in [-0.1, -0.05) is 43.2 Å². The molecule has 26 heavy (non-hydrogen) atoms. The summed E-state index contributed by atoms with van der Waals surface area (Å²) in [5.74, 6) is 5.31. The highest BCUT2D eigenvalue weighted by Gasteiger charge is 2.23. The fourth-order valence-electron chi connectivity index (χ4n) is 3.81. The summed E-state index contributed by atoms with van der Waals surface area (Å²) in [5, 5.41) is 0.603. The zero-order valence-electron chi connectivity index (χ0n) is 15.0. The van der Waals surface area contributed by atoms with Crippen LogP contribution in [0.3, 0.4) is 0 Å². The molecule has 2 aromatic carbocycles. The van der Waals surface area contributed by atoms with E-state index in [2.05, 4.69) is 18.8 Å². The Labute approximate surface area is 159 Å². The van der Waals surface area contributed by atoms with E-state index in [0.29, 0.717) is 10.6 Å². The summed E-state index contributed by atoms with van der Waals surface area (Å²) in [4.78, 5) is 0. The highest BCUT2D eigenvalue weighted by atomic mass is 35.5. The van der Waals surface area contributed by atoms with E-state index in [-0.39, 0.29) is 11.5 Å². The number of hydrogen-bond acceptors (Lipinski definition) is 0. The summed E-state index contributed by atoms with van der Waals surface area (Å²) < 4.78 is 28.9.